The number of carbonyl (C=O) groups excluding carboxylic acids is 1. The topological polar surface area (TPSA) is 68.9 Å². The van der Waals surface area contributed by atoms with E-state index in [9.17, 15) is 9.90 Å². The molecule has 4 aliphatic rings. The van der Waals surface area contributed by atoms with Crippen LogP contribution in [0, 0.1) is 16.7 Å². The summed E-state index contributed by atoms with van der Waals surface area (Å²) in [5.41, 5.74) is 1.09. The molecule has 2 aliphatic carbocycles. The number of carbonyl (C=O) groups is 1. The van der Waals surface area contributed by atoms with Gasteiger partial charge in [-0.05, 0) is 50.7 Å². The average Bonchev–Trinajstić information content (AvgIpc) is 3.26. The van der Waals surface area contributed by atoms with Crippen LogP contribution >= 0.6 is 0 Å². The van der Waals surface area contributed by atoms with Gasteiger partial charge in [0.1, 0.15) is 6.61 Å². The van der Waals surface area contributed by atoms with Crippen molar-refractivity contribution in [2.45, 2.75) is 57.3 Å². The summed E-state index contributed by atoms with van der Waals surface area (Å²) in [7, 11) is 0. The van der Waals surface area contributed by atoms with Crippen molar-refractivity contribution in [1.82, 2.24) is 0 Å². The normalized spacial score (nSPS) is 48.4. The molecule has 5 nitrogen and oxygen atoms in total. The van der Waals surface area contributed by atoms with Gasteiger partial charge < -0.3 is 19.0 Å². The molecule has 0 bridgehead atoms. The van der Waals surface area contributed by atoms with Crippen LogP contribution in [0.4, 0.5) is 0 Å². The lowest BCUT2D eigenvalue weighted by atomic mass is 9.46. The van der Waals surface area contributed by atoms with Crippen LogP contribution in [0.5, 0.6) is 0 Å². The minimum atomic E-state index is -0.592. The van der Waals surface area contributed by atoms with E-state index in [2.05, 4.69) is 13.8 Å². The third-order valence-corrected chi connectivity index (χ3v) is 7.67. The fraction of sp³-hybridized carbons (Fsp3) is 0.650. The van der Waals surface area contributed by atoms with Crippen molar-refractivity contribution in [3.8, 4) is 0 Å². The van der Waals surface area contributed by atoms with Crippen molar-refractivity contribution in [2.75, 3.05) is 6.61 Å². The molecule has 0 amide bonds. The molecule has 0 unspecified atom stereocenters. The van der Waals surface area contributed by atoms with Gasteiger partial charge in [-0.2, -0.15) is 0 Å². The lowest BCUT2D eigenvalue weighted by molar-refractivity contribution is -0.157. The Balaban J connectivity index is 1.59. The Morgan fingerprint density at radius 1 is 1.28 bits per heavy atom. The lowest BCUT2D eigenvalue weighted by Crippen LogP contribution is -2.59. The fourth-order valence-corrected chi connectivity index (χ4v) is 6.11. The van der Waals surface area contributed by atoms with E-state index in [1.54, 1.807) is 18.6 Å². The summed E-state index contributed by atoms with van der Waals surface area (Å²) in [6.45, 7) is 4.91. The number of aliphatic hydroxyl groups is 1. The molecule has 25 heavy (non-hydrogen) atoms. The molecule has 1 aromatic rings. The van der Waals surface area contributed by atoms with Crippen LogP contribution in [-0.2, 0) is 14.3 Å². The van der Waals surface area contributed by atoms with E-state index in [0.717, 1.165) is 24.8 Å². The van der Waals surface area contributed by atoms with E-state index in [1.807, 2.05) is 6.07 Å². The Morgan fingerprint density at radius 3 is 2.88 bits per heavy atom. The van der Waals surface area contributed by atoms with Gasteiger partial charge >= 0.3 is 5.97 Å². The second-order valence-corrected chi connectivity index (χ2v) is 8.68. The predicted molar refractivity (Wildman–Crippen MR) is 88.5 cm³/mol. The van der Waals surface area contributed by atoms with Crippen LogP contribution in [0.25, 0.3) is 0 Å². The Bertz CT molecular complexity index is 752. The predicted octanol–water partition coefficient (Wildman–Crippen LogP) is 3.15. The number of esters is 1. The van der Waals surface area contributed by atoms with E-state index in [-0.39, 0.29) is 34.4 Å². The maximum atomic E-state index is 12.3. The molecule has 2 aliphatic heterocycles. The molecule has 5 heteroatoms. The van der Waals surface area contributed by atoms with Crippen molar-refractivity contribution in [1.29, 1.82) is 0 Å². The van der Waals surface area contributed by atoms with Crippen LogP contribution in [0.1, 0.15) is 51.2 Å². The van der Waals surface area contributed by atoms with Gasteiger partial charge in [-0.1, -0.05) is 6.92 Å². The molecule has 3 fully saturated rings. The number of ether oxygens (including phenoxy) is 2. The summed E-state index contributed by atoms with van der Waals surface area (Å²) in [6.07, 6.45) is 7.86. The largest absolute Gasteiger partial charge is 0.472 e. The molecular weight excluding hydrogens is 320 g/mol. The first kappa shape index (κ1) is 15.6. The molecule has 2 saturated heterocycles. The molecule has 1 saturated carbocycles. The van der Waals surface area contributed by atoms with Crippen LogP contribution in [-0.4, -0.2) is 29.4 Å². The molecule has 1 spiro atoms. The number of furan rings is 1. The smallest absolute Gasteiger partial charge is 0.334 e. The first-order valence-electron chi connectivity index (χ1n) is 9.15. The lowest BCUT2D eigenvalue weighted by Gasteiger charge is -2.58. The fourth-order valence-electron chi connectivity index (χ4n) is 6.11. The van der Waals surface area contributed by atoms with Gasteiger partial charge in [0.15, 0.2) is 0 Å². The number of rotatable bonds is 1. The summed E-state index contributed by atoms with van der Waals surface area (Å²) in [6, 6.07) is 1.97. The van der Waals surface area contributed by atoms with Gasteiger partial charge in [0.25, 0.3) is 0 Å². The van der Waals surface area contributed by atoms with Gasteiger partial charge in [-0.3, -0.25) is 0 Å². The second-order valence-electron chi connectivity index (χ2n) is 8.68. The summed E-state index contributed by atoms with van der Waals surface area (Å²) in [5, 5.41) is 10.4. The zero-order valence-electron chi connectivity index (χ0n) is 14.7. The first-order chi connectivity index (χ1) is 11.9. The van der Waals surface area contributed by atoms with E-state index in [1.165, 1.54) is 0 Å². The Hall–Kier alpha value is -1.59. The zero-order valence-corrected chi connectivity index (χ0v) is 14.7. The van der Waals surface area contributed by atoms with Crippen molar-refractivity contribution in [2.24, 2.45) is 16.7 Å². The SMILES string of the molecule is C[C@]12CC[C@@]34COC(=O)C3=C[C@H](O)C[C@@H]4[C@@]1(C)C[C@@H](c1ccoc1)O2. The third kappa shape index (κ3) is 1.83. The molecule has 0 aromatic carbocycles. The van der Waals surface area contributed by atoms with Gasteiger partial charge in [0.2, 0.25) is 0 Å². The molecule has 0 radical (unpaired) electrons. The highest BCUT2D eigenvalue weighted by Gasteiger charge is 2.69. The minimum absolute atomic E-state index is 0.00609. The van der Waals surface area contributed by atoms with Gasteiger partial charge in [-0.25, -0.2) is 4.79 Å². The van der Waals surface area contributed by atoms with Gasteiger partial charge in [-0.15, -0.1) is 0 Å². The van der Waals surface area contributed by atoms with Crippen molar-refractivity contribution in [3.63, 3.8) is 0 Å². The Kier molecular flexibility index (Phi) is 2.99. The van der Waals surface area contributed by atoms with Crippen molar-refractivity contribution < 1.29 is 23.8 Å². The molecule has 1 N–H and O–H groups in total. The standard InChI is InChI=1S/C20H24O5/c1-18-9-15(12-3-6-23-10-12)25-19(18,2)4-5-20-11-24-17(22)14(20)7-13(21)8-16(18)20/h3,6-7,10,13,15-16,21H,4-5,8-9,11H2,1-2H3/t13-,15-,16+,18+,19-,20+/m0/s1. The highest BCUT2D eigenvalue weighted by Crippen LogP contribution is 2.69. The van der Waals surface area contributed by atoms with E-state index in [4.69, 9.17) is 13.9 Å². The monoisotopic (exact) mass is 344 g/mol. The van der Waals surface area contributed by atoms with Gasteiger partial charge in [0, 0.05) is 22.0 Å². The number of fused-ring (bicyclic) bond motifs is 2. The van der Waals surface area contributed by atoms with Crippen molar-refractivity contribution >= 4 is 5.97 Å². The molecule has 5 rings (SSSR count). The highest BCUT2D eigenvalue weighted by atomic mass is 16.5. The average molecular weight is 344 g/mol. The van der Waals surface area contributed by atoms with Crippen LogP contribution in [0.3, 0.4) is 0 Å². The minimum Gasteiger partial charge on any atom is -0.472 e. The van der Waals surface area contributed by atoms with E-state index < -0.39 is 6.10 Å². The molecule has 6 atom stereocenters. The summed E-state index contributed by atoms with van der Waals surface area (Å²) in [4.78, 5) is 12.3. The summed E-state index contributed by atoms with van der Waals surface area (Å²) >= 11 is 0. The molecule has 3 heterocycles. The molecular formula is C20H24O5. The number of hydrogen-bond donors (Lipinski definition) is 1. The van der Waals surface area contributed by atoms with Gasteiger partial charge in [0.05, 0.1) is 30.3 Å². The van der Waals surface area contributed by atoms with E-state index in [0.29, 0.717) is 18.6 Å². The molecule has 1 aromatic heterocycles. The number of hydrogen-bond acceptors (Lipinski definition) is 5. The molecule has 134 valence electrons. The summed E-state index contributed by atoms with van der Waals surface area (Å²) < 4.78 is 17.3. The van der Waals surface area contributed by atoms with E-state index >= 15 is 0 Å². The number of aliphatic hydroxyl groups excluding tert-OH is 1. The zero-order chi connectivity index (χ0) is 17.4. The Labute approximate surface area is 147 Å². The Morgan fingerprint density at radius 2 is 2.12 bits per heavy atom. The van der Waals surface area contributed by atoms with Crippen LogP contribution in [0.2, 0.25) is 0 Å². The first-order valence-corrected chi connectivity index (χ1v) is 9.15. The number of cyclic esters (lactones) is 1. The highest BCUT2D eigenvalue weighted by molar-refractivity contribution is 5.93. The quantitative estimate of drug-likeness (QED) is 0.793. The third-order valence-electron chi connectivity index (χ3n) is 7.67. The van der Waals surface area contributed by atoms with Crippen LogP contribution in [0.15, 0.2) is 34.7 Å². The summed E-state index contributed by atoms with van der Waals surface area (Å²) in [5.74, 6) is -0.0849. The van der Waals surface area contributed by atoms with Crippen molar-refractivity contribution in [3.05, 3.63) is 35.8 Å². The maximum Gasteiger partial charge on any atom is 0.334 e. The second kappa shape index (κ2) is 4.77. The van der Waals surface area contributed by atoms with Crippen LogP contribution < -0.4 is 0 Å². The maximum absolute atomic E-state index is 12.3.